The van der Waals surface area contributed by atoms with Gasteiger partial charge in [0, 0.05) is 11.6 Å². The maximum atomic E-state index is 13.3. The number of hydrogen-bond acceptors (Lipinski definition) is 1. The Labute approximate surface area is 84.1 Å². The molecule has 15 heavy (non-hydrogen) atoms. The van der Waals surface area contributed by atoms with Gasteiger partial charge in [0.1, 0.15) is 5.82 Å². The molecule has 0 unspecified atom stereocenters. The van der Waals surface area contributed by atoms with Crippen molar-refractivity contribution >= 4 is 0 Å². The van der Waals surface area contributed by atoms with Crippen LogP contribution in [0.5, 0.6) is 0 Å². The third kappa shape index (κ3) is 1.84. The molecule has 5 heteroatoms. The molecule has 0 spiro atoms. The number of halogens is 4. The number of benzene rings is 1. The summed E-state index contributed by atoms with van der Waals surface area (Å²) in [5, 5.41) is 2.78. The third-order valence-electron chi connectivity index (χ3n) is 2.53. The highest BCUT2D eigenvalue weighted by molar-refractivity contribution is 5.34. The van der Waals surface area contributed by atoms with E-state index in [2.05, 4.69) is 5.32 Å². The Balaban J connectivity index is 2.48. The average molecular weight is 219 g/mol. The zero-order valence-electron chi connectivity index (χ0n) is 7.74. The fourth-order valence-electron chi connectivity index (χ4n) is 1.67. The highest BCUT2D eigenvalue weighted by Crippen LogP contribution is 2.38. The molecular formula is C10H9F4N. The van der Waals surface area contributed by atoms with Gasteiger partial charge in [0.25, 0.3) is 0 Å². The molecule has 1 aromatic rings. The van der Waals surface area contributed by atoms with Gasteiger partial charge in [0.2, 0.25) is 0 Å². The molecule has 1 heterocycles. The van der Waals surface area contributed by atoms with Crippen molar-refractivity contribution < 1.29 is 17.6 Å². The first-order valence-electron chi connectivity index (χ1n) is 4.59. The van der Waals surface area contributed by atoms with Gasteiger partial charge in [-0.3, -0.25) is 0 Å². The quantitative estimate of drug-likeness (QED) is 0.716. The Morgan fingerprint density at radius 2 is 1.93 bits per heavy atom. The fraction of sp³-hybridized carbons (Fsp3) is 0.400. The Bertz CT molecular complexity index is 368. The van der Waals surface area contributed by atoms with Crippen LogP contribution in [0.2, 0.25) is 0 Å². The first kappa shape index (κ1) is 10.4. The molecule has 82 valence electrons. The standard InChI is InChI=1S/C10H9F4N/c11-7-3-1-2-6(10(12,13)14)9(7)8-4-5-15-8/h1-3,8,15H,4-5H2/t8-/m0/s1. The fourth-order valence-corrected chi connectivity index (χ4v) is 1.67. The van der Waals surface area contributed by atoms with Crippen LogP contribution in [0.15, 0.2) is 18.2 Å². The second kappa shape index (κ2) is 3.48. The summed E-state index contributed by atoms with van der Waals surface area (Å²) < 4.78 is 51.0. The van der Waals surface area contributed by atoms with Gasteiger partial charge in [-0.15, -0.1) is 0 Å². The lowest BCUT2D eigenvalue weighted by molar-refractivity contribution is -0.138. The Kier molecular flexibility index (Phi) is 2.42. The molecular weight excluding hydrogens is 210 g/mol. The van der Waals surface area contributed by atoms with Crippen molar-refractivity contribution in [3.8, 4) is 0 Å². The molecule has 1 N–H and O–H groups in total. The second-order valence-electron chi connectivity index (χ2n) is 3.49. The molecule has 0 bridgehead atoms. The summed E-state index contributed by atoms with van der Waals surface area (Å²) in [6, 6.07) is 2.56. The van der Waals surface area contributed by atoms with Gasteiger partial charge < -0.3 is 5.32 Å². The Morgan fingerprint density at radius 3 is 2.40 bits per heavy atom. The summed E-state index contributed by atoms with van der Waals surface area (Å²) in [5.74, 6) is -0.790. The van der Waals surface area contributed by atoms with Crippen molar-refractivity contribution in [2.45, 2.75) is 18.6 Å². The number of rotatable bonds is 1. The summed E-state index contributed by atoms with van der Waals surface area (Å²) >= 11 is 0. The molecule has 0 saturated carbocycles. The first-order valence-corrected chi connectivity index (χ1v) is 4.59. The van der Waals surface area contributed by atoms with Crippen molar-refractivity contribution in [1.29, 1.82) is 0 Å². The van der Waals surface area contributed by atoms with E-state index in [-0.39, 0.29) is 5.56 Å². The van der Waals surface area contributed by atoms with Crippen LogP contribution in [0.25, 0.3) is 0 Å². The molecule has 1 saturated heterocycles. The van der Waals surface area contributed by atoms with E-state index in [0.29, 0.717) is 13.0 Å². The number of alkyl halides is 3. The summed E-state index contributed by atoms with van der Waals surface area (Å²) in [7, 11) is 0. The lowest BCUT2D eigenvalue weighted by Gasteiger charge is -2.30. The van der Waals surface area contributed by atoms with E-state index in [9.17, 15) is 17.6 Å². The zero-order valence-corrected chi connectivity index (χ0v) is 7.74. The summed E-state index contributed by atoms with van der Waals surface area (Å²) in [6.45, 7) is 0.635. The van der Waals surface area contributed by atoms with Crippen molar-refractivity contribution in [2.24, 2.45) is 0 Å². The molecule has 0 aliphatic carbocycles. The molecule has 0 radical (unpaired) electrons. The smallest absolute Gasteiger partial charge is 0.310 e. The minimum absolute atomic E-state index is 0.253. The predicted octanol–water partition coefficient (Wildman–Crippen LogP) is 2.88. The van der Waals surface area contributed by atoms with Crippen molar-refractivity contribution in [3.05, 3.63) is 35.1 Å². The highest BCUT2D eigenvalue weighted by Gasteiger charge is 2.37. The number of nitrogens with one attached hydrogen (secondary N) is 1. The van der Waals surface area contributed by atoms with Crippen molar-refractivity contribution in [2.75, 3.05) is 6.54 Å². The molecule has 1 aliphatic rings. The lowest BCUT2D eigenvalue weighted by Crippen LogP contribution is -2.37. The third-order valence-corrected chi connectivity index (χ3v) is 2.53. The van der Waals surface area contributed by atoms with Crippen LogP contribution < -0.4 is 5.32 Å². The minimum Gasteiger partial charge on any atom is -0.310 e. The molecule has 1 fully saturated rings. The van der Waals surface area contributed by atoms with E-state index in [0.717, 1.165) is 18.2 Å². The Hall–Kier alpha value is -1.10. The molecule has 1 aliphatic heterocycles. The zero-order chi connectivity index (χ0) is 11.1. The van der Waals surface area contributed by atoms with Crippen LogP contribution in [-0.2, 0) is 6.18 Å². The normalized spacial score (nSPS) is 21.2. The van der Waals surface area contributed by atoms with Gasteiger partial charge >= 0.3 is 6.18 Å². The first-order chi connectivity index (χ1) is 7.00. The van der Waals surface area contributed by atoms with E-state index in [1.54, 1.807) is 0 Å². The van der Waals surface area contributed by atoms with Crippen LogP contribution in [0, 0.1) is 5.82 Å². The topological polar surface area (TPSA) is 12.0 Å². The van der Waals surface area contributed by atoms with E-state index in [1.165, 1.54) is 0 Å². The monoisotopic (exact) mass is 219 g/mol. The van der Waals surface area contributed by atoms with Crippen LogP contribution in [0.3, 0.4) is 0 Å². The summed E-state index contributed by atoms with van der Waals surface area (Å²) in [6.07, 6.45) is -3.95. The molecule has 2 rings (SSSR count). The van der Waals surface area contributed by atoms with Crippen LogP contribution >= 0.6 is 0 Å². The average Bonchev–Trinajstić information content (AvgIpc) is 2.03. The van der Waals surface area contributed by atoms with Gasteiger partial charge in [0.15, 0.2) is 0 Å². The largest absolute Gasteiger partial charge is 0.416 e. The van der Waals surface area contributed by atoms with Crippen LogP contribution in [0.4, 0.5) is 17.6 Å². The van der Waals surface area contributed by atoms with Crippen LogP contribution in [-0.4, -0.2) is 6.54 Å². The summed E-state index contributed by atoms with van der Waals surface area (Å²) in [5.41, 5.74) is -1.13. The second-order valence-corrected chi connectivity index (χ2v) is 3.49. The highest BCUT2D eigenvalue weighted by atomic mass is 19.4. The predicted molar refractivity (Wildman–Crippen MR) is 46.8 cm³/mol. The van der Waals surface area contributed by atoms with E-state index in [1.807, 2.05) is 0 Å². The van der Waals surface area contributed by atoms with Gasteiger partial charge in [0.05, 0.1) is 5.56 Å². The maximum absolute atomic E-state index is 13.3. The van der Waals surface area contributed by atoms with Crippen molar-refractivity contribution in [3.63, 3.8) is 0 Å². The Morgan fingerprint density at radius 1 is 1.27 bits per heavy atom. The van der Waals surface area contributed by atoms with Crippen molar-refractivity contribution in [1.82, 2.24) is 5.32 Å². The molecule has 0 aromatic heterocycles. The molecule has 1 aromatic carbocycles. The minimum atomic E-state index is -4.49. The summed E-state index contributed by atoms with van der Waals surface area (Å²) in [4.78, 5) is 0. The number of hydrogen-bond donors (Lipinski definition) is 1. The van der Waals surface area contributed by atoms with Crippen LogP contribution in [0.1, 0.15) is 23.6 Å². The van der Waals surface area contributed by atoms with Gasteiger partial charge in [-0.05, 0) is 25.1 Å². The van der Waals surface area contributed by atoms with Gasteiger partial charge in [-0.1, -0.05) is 6.07 Å². The molecule has 1 nitrogen and oxygen atoms in total. The van der Waals surface area contributed by atoms with E-state index >= 15 is 0 Å². The molecule has 0 amide bonds. The maximum Gasteiger partial charge on any atom is 0.416 e. The van der Waals surface area contributed by atoms with Gasteiger partial charge in [-0.25, -0.2) is 4.39 Å². The lowest BCUT2D eigenvalue weighted by atomic mass is 9.92. The van der Waals surface area contributed by atoms with Gasteiger partial charge in [-0.2, -0.15) is 13.2 Å². The SMILES string of the molecule is Fc1cccc(C(F)(F)F)c1[C@@H]1CCN1. The van der Waals surface area contributed by atoms with E-state index < -0.39 is 23.6 Å². The van der Waals surface area contributed by atoms with E-state index in [4.69, 9.17) is 0 Å². The molecule has 1 atom stereocenters.